The van der Waals surface area contributed by atoms with Gasteiger partial charge in [-0.25, -0.2) is 4.98 Å². The second-order valence-corrected chi connectivity index (χ2v) is 4.82. The molecular formula is C13H24N4. The number of piperidine rings is 1. The molecule has 1 aromatic heterocycles. The van der Waals surface area contributed by atoms with Gasteiger partial charge in [0.25, 0.3) is 0 Å². The first-order valence-electron chi connectivity index (χ1n) is 6.77. The number of aryl methyl sites for hydroxylation is 1. The van der Waals surface area contributed by atoms with Crippen molar-refractivity contribution in [2.24, 2.45) is 0 Å². The molecule has 1 aromatic rings. The standard InChI is InChI=1S/C13H24N4/c1-13-15-7-12-17(13)11-6-14-5-10-16-8-3-2-4-9-16/h7,12,14H,2-6,8-11H2,1H3. The summed E-state index contributed by atoms with van der Waals surface area (Å²) in [7, 11) is 0. The topological polar surface area (TPSA) is 33.1 Å². The molecule has 0 radical (unpaired) electrons. The molecule has 0 aromatic carbocycles. The molecule has 1 saturated heterocycles. The monoisotopic (exact) mass is 236 g/mol. The number of nitrogens with zero attached hydrogens (tertiary/aromatic N) is 3. The van der Waals surface area contributed by atoms with E-state index in [2.05, 4.69) is 19.8 Å². The van der Waals surface area contributed by atoms with Crippen LogP contribution in [0.25, 0.3) is 0 Å². The maximum atomic E-state index is 4.22. The van der Waals surface area contributed by atoms with Gasteiger partial charge in [-0.1, -0.05) is 6.42 Å². The minimum absolute atomic E-state index is 1.02. The summed E-state index contributed by atoms with van der Waals surface area (Å²) in [5.74, 6) is 1.10. The summed E-state index contributed by atoms with van der Waals surface area (Å²) < 4.78 is 2.19. The molecule has 0 amide bonds. The zero-order valence-corrected chi connectivity index (χ0v) is 10.9. The van der Waals surface area contributed by atoms with E-state index in [-0.39, 0.29) is 0 Å². The molecule has 0 atom stereocenters. The fourth-order valence-electron chi connectivity index (χ4n) is 2.38. The zero-order valence-electron chi connectivity index (χ0n) is 10.9. The predicted octanol–water partition coefficient (Wildman–Crippen LogP) is 1.27. The molecule has 0 aliphatic carbocycles. The molecule has 96 valence electrons. The summed E-state index contributed by atoms with van der Waals surface area (Å²) in [6, 6.07) is 0. The summed E-state index contributed by atoms with van der Waals surface area (Å²) in [4.78, 5) is 6.78. The first-order chi connectivity index (χ1) is 8.36. The van der Waals surface area contributed by atoms with Gasteiger partial charge in [-0.15, -0.1) is 0 Å². The van der Waals surface area contributed by atoms with Crippen molar-refractivity contribution in [1.82, 2.24) is 19.8 Å². The lowest BCUT2D eigenvalue weighted by molar-refractivity contribution is 0.229. The maximum absolute atomic E-state index is 4.22. The third-order valence-electron chi connectivity index (χ3n) is 3.51. The highest BCUT2D eigenvalue weighted by Crippen LogP contribution is 2.07. The summed E-state index contributed by atoms with van der Waals surface area (Å²) in [6.07, 6.45) is 8.09. The third-order valence-corrected chi connectivity index (χ3v) is 3.51. The average Bonchev–Trinajstić information content (AvgIpc) is 2.76. The first-order valence-corrected chi connectivity index (χ1v) is 6.77. The van der Waals surface area contributed by atoms with E-state index >= 15 is 0 Å². The van der Waals surface area contributed by atoms with Gasteiger partial charge in [0.2, 0.25) is 0 Å². The lowest BCUT2D eigenvalue weighted by atomic mass is 10.1. The fraction of sp³-hybridized carbons (Fsp3) is 0.769. The number of likely N-dealkylation sites (tertiary alicyclic amines) is 1. The van der Waals surface area contributed by atoms with Crippen molar-refractivity contribution >= 4 is 0 Å². The van der Waals surface area contributed by atoms with Crippen LogP contribution in [0.4, 0.5) is 0 Å². The van der Waals surface area contributed by atoms with Crippen LogP contribution in [0.5, 0.6) is 0 Å². The van der Waals surface area contributed by atoms with E-state index in [1.807, 2.05) is 19.3 Å². The molecule has 1 aliphatic rings. The fourth-order valence-corrected chi connectivity index (χ4v) is 2.38. The van der Waals surface area contributed by atoms with Crippen LogP contribution in [0.2, 0.25) is 0 Å². The Balaban J connectivity index is 1.53. The van der Waals surface area contributed by atoms with Gasteiger partial charge in [-0.05, 0) is 32.9 Å². The Morgan fingerprint density at radius 2 is 1.94 bits per heavy atom. The van der Waals surface area contributed by atoms with Crippen molar-refractivity contribution in [2.45, 2.75) is 32.7 Å². The van der Waals surface area contributed by atoms with Gasteiger partial charge in [0.05, 0.1) is 0 Å². The summed E-state index contributed by atoms with van der Waals surface area (Å²) in [5.41, 5.74) is 0. The van der Waals surface area contributed by atoms with Gasteiger partial charge in [0.1, 0.15) is 5.82 Å². The minimum atomic E-state index is 1.02. The van der Waals surface area contributed by atoms with E-state index in [4.69, 9.17) is 0 Å². The molecule has 2 heterocycles. The quantitative estimate of drug-likeness (QED) is 0.755. The first kappa shape index (κ1) is 12.6. The molecule has 17 heavy (non-hydrogen) atoms. The van der Waals surface area contributed by atoms with Crippen LogP contribution >= 0.6 is 0 Å². The van der Waals surface area contributed by atoms with Gasteiger partial charge >= 0.3 is 0 Å². The van der Waals surface area contributed by atoms with Crippen LogP contribution in [0.3, 0.4) is 0 Å². The Bertz CT molecular complexity index is 315. The molecular weight excluding hydrogens is 212 g/mol. The number of aromatic nitrogens is 2. The Morgan fingerprint density at radius 3 is 2.65 bits per heavy atom. The molecule has 0 saturated carbocycles. The number of imidazole rings is 1. The van der Waals surface area contributed by atoms with Crippen molar-refractivity contribution in [3.63, 3.8) is 0 Å². The molecule has 4 nitrogen and oxygen atoms in total. The lowest BCUT2D eigenvalue weighted by Gasteiger charge is -2.26. The summed E-state index contributed by atoms with van der Waals surface area (Å²) >= 11 is 0. The molecule has 1 fully saturated rings. The molecule has 2 rings (SSSR count). The Morgan fingerprint density at radius 1 is 1.18 bits per heavy atom. The highest BCUT2D eigenvalue weighted by atomic mass is 15.1. The Hall–Kier alpha value is -0.870. The summed E-state index contributed by atoms with van der Waals surface area (Å²) in [6.45, 7) is 8.99. The second kappa shape index (κ2) is 6.77. The number of hydrogen-bond donors (Lipinski definition) is 1. The lowest BCUT2D eigenvalue weighted by Crippen LogP contribution is -2.36. The summed E-state index contributed by atoms with van der Waals surface area (Å²) in [5, 5.41) is 3.51. The molecule has 1 aliphatic heterocycles. The Kier molecular flexibility index (Phi) is 5.01. The normalized spacial score (nSPS) is 17.5. The van der Waals surface area contributed by atoms with Gasteiger partial charge in [0.15, 0.2) is 0 Å². The predicted molar refractivity (Wildman–Crippen MR) is 70.1 cm³/mol. The molecule has 1 N–H and O–H groups in total. The number of rotatable bonds is 6. The van der Waals surface area contributed by atoms with Gasteiger partial charge in [0, 0.05) is 38.6 Å². The van der Waals surface area contributed by atoms with Crippen LogP contribution < -0.4 is 5.32 Å². The molecule has 0 spiro atoms. The van der Waals surface area contributed by atoms with E-state index in [0.717, 1.165) is 25.5 Å². The largest absolute Gasteiger partial charge is 0.334 e. The molecule has 4 heteroatoms. The van der Waals surface area contributed by atoms with Gasteiger partial charge < -0.3 is 14.8 Å². The smallest absolute Gasteiger partial charge is 0.105 e. The highest BCUT2D eigenvalue weighted by molar-refractivity contribution is 4.88. The van der Waals surface area contributed by atoms with Crippen molar-refractivity contribution in [1.29, 1.82) is 0 Å². The van der Waals surface area contributed by atoms with E-state index in [9.17, 15) is 0 Å². The van der Waals surface area contributed by atoms with E-state index < -0.39 is 0 Å². The average molecular weight is 236 g/mol. The number of hydrogen-bond acceptors (Lipinski definition) is 3. The van der Waals surface area contributed by atoms with Crippen LogP contribution in [0.1, 0.15) is 25.1 Å². The number of nitrogens with one attached hydrogen (secondary N) is 1. The zero-order chi connectivity index (χ0) is 11.9. The van der Waals surface area contributed by atoms with E-state index in [1.165, 1.54) is 38.9 Å². The third kappa shape index (κ3) is 4.13. The van der Waals surface area contributed by atoms with Crippen molar-refractivity contribution in [2.75, 3.05) is 32.7 Å². The molecule has 0 bridgehead atoms. The van der Waals surface area contributed by atoms with Gasteiger partial charge in [-0.2, -0.15) is 0 Å². The van der Waals surface area contributed by atoms with Crippen LogP contribution in [-0.4, -0.2) is 47.2 Å². The van der Waals surface area contributed by atoms with Crippen molar-refractivity contribution < 1.29 is 0 Å². The van der Waals surface area contributed by atoms with Crippen molar-refractivity contribution in [3.05, 3.63) is 18.2 Å². The van der Waals surface area contributed by atoms with Crippen LogP contribution in [-0.2, 0) is 6.54 Å². The maximum Gasteiger partial charge on any atom is 0.105 e. The van der Waals surface area contributed by atoms with Crippen LogP contribution in [0.15, 0.2) is 12.4 Å². The Labute approximate surface area is 104 Å². The van der Waals surface area contributed by atoms with E-state index in [0.29, 0.717) is 0 Å². The molecule has 0 unspecified atom stereocenters. The van der Waals surface area contributed by atoms with Crippen molar-refractivity contribution in [3.8, 4) is 0 Å². The SMILES string of the molecule is Cc1nccn1CCNCCN1CCCCC1. The van der Waals surface area contributed by atoms with Crippen LogP contribution in [0, 0.1) is 6.92 Å². The second-order valence-electron chi connectivity index (χ2n) is 4.82. The van der Waals surface area contributed by atoms with E-state index in [1.54, 1.807) is 0 Å². The highest BCUT2D eigenvalue weighted by Gasteiger charge is 2.08. The van der Waals surface area contributed by atoms with Gasteiger partial charge in [-0.3, -0.25) is 0 Å². The minimum Gasteiger partial charge on any atom is -0.334 e.